The third kappa shape index (κ3) is 4.96. The van der Waals surface area contributed by atoms with Gasteiger partial charge in [-0.2, -0.15) is 18.4 Å². The van der Waals surface area contributed by atoms with Crippen LogP contribution in [0.5, 0.6) is 5.75 Å². The monoisotopic (exact) mass is 515 g/mol. The van der Waals surface area contributed by atoms with Crippen molar-refractivity contribution in [3.05, 3.63) is 73.9 Å². The molecule has 1 aliphatic rings. The lowest BCUT2D eigenvalue weighted by Gasteiger charge is -2.26. The van der Waals surface area contributed by atoms with Crippen molar-refractivity contribution < 1.29 is 27.8 Å². The summed E-state index contributed by atoms with van der Waals surface area (Å²) >= 11 is 0. The van der Waals surface area contributed by atoms with Crippen molar-refractivity contribution in [1.82, 2.24) is 9.13 Å². The summed E-state index contributed by atoms with van der Waals surface area (Å²) < 4.78 is 48.1. The van der Waals surface area contributed by atoms with Gasteiger partial charge in [0.25, 0.3) is 5.56 Å². The van der Waals surface area contributed by atoms with Crippen molar-refractivity contribution in [2.24, 2.45) is 11.8 Å². The fraction of sp³-hybridized carbons (Fsp3) is 0.385. The van der Waals surface area contributed by atoms with E-state index in [1.54, 1.807) is 18.2 Å². The maximum absolute atomic E-state index is 13.6. The predicted octanol–water partition coefficient (Wildman–Crippen LogP) is 4.00. The number of hydrogen-bond donors (Lipinski definition) is 1. The van der Waals surface area contributed by atoms with E-state index in [0.717, 1.165) is 10.6 Å². The molecule has 0 atom stereocenters. The van der Waals surface area contributed by atoms with Gasteiger partial charge in [0.05, 0.1) is 36.2 Å². The second-order valence-corrected chi connectivity index (χ2v) is 9.14. The first-order valence-electron chi connectivity index (χ1n) is 11.7. The summed E-state index contributed by atoms with van der Waals surface area (Å²) in [5, 5.41) is 18.9. The van der Waals surface area contributed by atoms with Crippen LogP contribution in [-0.2, 0) is 24.1 Å². The number of fused-ring (bicyclic) bond motifs is 1. The molecule has 11 heteroatoms. The van der Waals surface area contributed by atoms with Crippen molar-refractivity contribution in [3.63, 3.8) is 0 Å². The molecule has 0 aliphatic heterocycles. The number of halogens is 3. The molecule has 1 heterocycles. The molecule has 194 valence electrons. The average molecular weight is 515 g/mol. The number of ether oxygens (including phenoxy) is 1. The van der Waals surface area contributed by atoms with Crippen molar-refractivity contribution in [2.75, 3.05) is 7.11 Å². The van der Waals surface area contributed by atoms with E-state index in [-0.39, 0.29) is 41.2 Å². The number of nitriles is 1. The number of methoxy groups -OCH3 is 1. The number of rotatable bonds is 6. The molecule has 0 unspecified atom stereocenters. The lowest BCUT2D eigenvalue weighted by atomic mass is 9.82. The van der Waals surface area contributed by atoms with E-state index in [1.807, 2.05) is 0 Å². The standard InChI is InChI=1S/C26H24F3N3O5/c1-37-21-7-3-6-20-22(21)23(33)32(13-15-8-10-16(11-9-15)24(34)35)25(36)31(20)14-17-4-2-5-19(18(17)12-30)26(27,28)29/h2-7,15-16H,8-11,13-14H2,1H3,(H,34,35). The first-order chi connectivity index (χ1) is 17.6. The first-order valence-corrected chi connectivity index (χ1v) is 11.7. The number of carbonyl (C=O) groups is 1. The van der Waals surface area contributed by atoms with Gasteiger partial charge in [-0.1, -0.05) is 18.2 Å². The summed E-state index contributed by atoms with van der Waals surface area (Å²) in [6.45, 7) is -0.340. The van der Waals surface area contributed by atoms with E-state index in [1.165, 1.54) is 29.9 Å². The van der Waals surface area contributed by atoms with Crippen LogP contribution in [0.3, 0.4) is 0 Å². The van der Waals surface area contributed by atoms with E-state index < -0.39 is 40.4 Å². The molecule has 3 aromatic rings. The number of nitrogens with zero attached hydrogens (tertiary/aromatic N) is 3. The fourth-order valence-electron chi connectivity index (χ4n) is 5.03. The van der Waals surface area contributed by atoms with Crippen LogP contribution < -0.4 is 16.0 Å². The summed E-state index contributed by atoms with van der Waals surface area (Å²) in [7, 11) is 1.36. The molecule has 8 nitrogen and oxygen atoms in total. The summed E-state index contributed by atoms with van der Waals surface area (Å²) in [5.74, 6) is -1.26. The number of benzene rings is 2. The van der Waals surface area contributed by atoms with Crippen LogP contribution in [0.1, 0.15) is 42.4 Å². The Bertz CT molecular complexity index is 1510. The lowest BCUT2D eigenvalue weighted by Crippen LogP contribution is -2.42. The largest absolute Gasteiger partial charge is 0.496 e. The predicted molar refractivity (Wildman–Crippen MR) is 127 cm³/mol. The van der Waals surface area contributed by atoms with Gasteiger partial charge >= 0.3 is 17.8 Å². The van der Waals surface area contributed by atoms with E-state index in [4.69, 9.17) is 4.74 Å². The first kappa shape index (κ1) is 26.0. The van der Waals surface area contributed by atoms with Gasteiger partial charge in [0.15, 0.2) is 0 Å². The Hall–Kier alpha value is -4.07. The molecule has 0 radical (unpaired) electrons. The quantitative estimate of drug-likeness (QED) is 0.531. The normalized spacial score (nSPS) is 17.9. The number of hydrogen-bond acceptors (Lipinski definition) is 5. The highest BCUT2D eigenvalue weighted by molar-refractivity contribution is 5.84. The topological polar surface area (TPSA) is 114 Å². The summed E-state index contributed by atoms with van der Waals surface area (Å²) in [6.07, 6.45) is -2.88. The average Bonchev–Trinajstić information content (AvgIpc) is 2.88. The van der Waals surface area contributed by atoms with Crippen molar-refractivity contribution in [2.45, 2.75) is 44.9 Å². The number of alkyl halides is 3. The van der Waals surface area contributed by atoms with Crippen molar-refractivity contribution in [3.8, 4) is 11.8 Å². The van der Waals surface area contributed by atoms with Gasteiger partial charge in [-0.25, -0.2) is 4.79 Å². The van der Waals surface area contributed by atoms with Crippen LogP contribution in [0.25, 0.3) is 10.9 Å². The van der Waals surface area contributed by atoms with E-state index in [2.05, 4.69) is 0 Å². The number of aliphatic carboxylic acids is 1. The third-order valence-electron chi connectivity index (χ3n) is 6.97. The minimum atomic E-state index is -4.76. The molecule has 0 saturated heterocycles. The van der Waals surface area contributed by atoms with Gasteiger partial charge in [-0.3, -0.25) is 18.7 Å². The van der Waals surface area contributed by atoms with Crippen LogP contribution in [0.4, 0.5) is 13.2 Å². The molecule has 37 heavy (non-hydrogen) atoms. The Morgan fingerprint density at radius 2 is 1.78 bits per heavy atom. The van der Waals surface area contributed by atoms with E-state index in [9.17, 15) is 37.9 Å². The molecule has 1 aromatic heterocycles. The second kappa shape index (κ2) is 10.1. The zero-order valence-electron chi connectivity index (χ0n) is 19.9. The molecular weight excluding hydrogens is 491 g/mol. The molecule has 0 amide bonds. The maximum Gasteiger partial charge on any atom is 0.417 e. The Labute approximate surface area is 209 Å². The minimum Gasteiger partial charge on any atom is -0.496 e. The summed E-state index contributed by atoms with van der Waals surface area (Å²) in [4.78, 5) is 38.4. The summed E-state index contributed by atoms with van der Waals surface area (Å²) in [6, 6.07) is 9.54. The zero-order chi connectivity index (χ0) is 26.9. The van der Waals surface area contributed by atoms with Crippen molar-refractivity contribution in [1.29, 1.82) is 5.26 Å². The molecule has 1 saturated carbocycles. The lowest BCUT2D eigenvalue weighted by molar-refractivity contribution is -0.143. The van der Waals surface area contributed by atoms with Gasteiger partial charge in [0.2, 0.25) is 0 Å². The third-order valence-corrected chi connectivity index (χ3v) is 6.97. The van der Waals surface area contributed by atoms with Crippen LogP contribution in [0.2, 0.25) is 0 Å². The van der Waals surface area contributed by atoms with Crippen LogP contribution in [0, 0.1) is 23.2 Å². The number of carboxylic acids is 1. The Morgan fingerprint density at radius 1 is 1.11 bits per heavy atom. The number of carboxylic acid groups (broad SMARTS) is 1. The molecule has 2 aromatic carbocycles. The van der Waals surface area contributed by atoms with Crippen LogP contribution in [0.15, 0.2) is 46.0 Å². The zero-order valence-corrected chi connectivity index (χ0v) is 19.9. The van der Waals surface area contributed by atoms with E-state index >= 15 is 0 Å². The molecule has 1 fully saturated rings. The molecule has 1 N–H and O–H groups in total. The second-order valence-electron chi connectivity index (χ2n) is 9.14. The van der Waals surface area contributed by atoms with Gasteiger partial charge in [0.1, 0.15) is 17.2 Å². The van der Waals surface area contributed by atoms with Gasteiger partial charge in [0, 0.05) is 6.54 Å². The number of aromatic nitrogens is 2. The molecular formula is C26H24F3N3O5. The molecule has 4 rings (SSSR count). The Balaban J connectivity index is 1.86. The fourth-order valence-corrected chi connectivity index (χ4v) is 5.03. The highest BCUT2D eigenvalue weighted by Gasteiger charge is 2.34. The molecule has 0 spiro atoms. The van der Waals surface area contributed by atoms with Crippen LogP contribution in [-0.4, -0.2) is 27.3 Å². The Kier molecular flexibility index (Phi) is 7.12. The minimum absolute atomic E-state index is 0.0179. The Morgan fingerprint density at radius 3 is 2.38 bits per heavy atom. The highest BCUT2D eigenvalue weighted by atomic mass is 19.4. The van der Waals surface area contributed by atoms with Crippen molar-refractivity contribution >= 4 is 16.9 Å². The molecule has 0 bridgehead atoms. The smallest absolute Gasteiger partial charge is 0.417 e. The summed E-state index contributed by atoms with van der Waals surface area (Å²) in [5.41, 5.74) is -2.88. The van der Waals surface area contributed by atoms with E-state index in [0.29, 0.717) is 25.7 Å². The van der Waals surface area contributed by atoms with Gasteiger partial charge < -0.3 is 9.84 Å². The highest BCUT2D eigenvalue weighted by Crippen LogP contribution is 2.34. The SMILES string of the molecule is COc1cccc2c1c(=O)n(CC1CCC(C(=O)O)CC1)c(=O)n2Cc1cccc(C(F)(F)F)c1C#N. The maximum atomic E-state index is 13.6. The van der Waals surface area contributed by atoms with Gasteiger partial charge in [-0.15, -0.1) is 0 Å². The van der Waals surface area contributed by atoms with Crippen LogP contribution >= 0.6 is 0 Å². The van der Waals surface area contributed by atoms with Gasteiger partial charge in [-0.05, 0) is 55.4 Å². The molecule has 1 aliphatic carbocycles.